The highest BCUT2D eigenvalue weighted by molar-refractivity contribution is 6.39. The molecule has 0 radical (unpaired) electrons. The minimum absolute atomic E-state index is 0.0352. The van der Waals surface area contributed by atoms with Crippen LogP contribution in [0.4, 0.5) is 0 Å². The zero-order valence-electron chi connectivity index (χ0n) is 28.2. The van der Waals surface area contributed by atoms with Crippen molar-refractivity contribution >= 4 is 17.6 Å². The number of amidine groups is 1. The molecule has 11 heteroatoms. The number of benzene rings is 1. The first-order valence-electron chi connectivity index (χ1n) is 16.6. The van der Waals surface area contributed by atoms with Crippen LogP contribution in [0.3, 0.4) is 0 Å². The fourth-order valence-corrected chi connectivity index (χ4v) is 7.38. The molecule has 1 aromatic carbocycles. The van der Waals surface area contributed by atoms with E-state index in [1.54, 1.807) is 7.11 Å². The maximum atomic E-state index is 14.7. The van der Waals surface area contributed by atoms with Gasteiger partial charge in [-0.15, -0.1) is 10.2 Å². The molecule has 0 bridgehead atoms. The smallest absolute Gasteiger partial charge is 0.291 e. The van der Waals surface area contributed by atoms with Gasteiger partial charge in [0.05, 0.1) is 25.2 Å². The van der Waals surface area contributed by atoms with Gasteiger partial charge in [-0.25, -0.2) is 4.99 Å². The van der Waals surface area contributed by atoms with E-state index in [9.17, 15) is 9.59 Å². The number of aromatic nitrogens is 4. The topological polar surface area (TPSA) is 129 Å². The summed E-state index contributed by atoms with van der Waals surface area (Å²) in [4.78, 5) is 37.5. The summed E-state index contributed by atoms with van der Waals surface area (Å²) in [5.41, 5.74) is 1.31. The van der Waals surface area contributed by atoms with Gasteiger partial charge in [-0.3, -0.25) is 9.59 Å². The highest BCUT2D eigenvalue weighted by Crippen LogP contribution is 2.50. The lowest BCUT2D eigenvalue weighted by Crippen LogP contribution is -2.52. The number of nitrogens with zero attached hydrogens (tertiary/aromatic N) is 6. The average Bonchev–Trinajstić information content (AvgIpc) is 3.73. The van der Waals surface area contributed by atoms with Gasteiger partial charge in [0.1, 0.15) is 5.66 Å². The maximum Gasteiger partial charge on any atom is 0.291 e. The Morgan fingerprint density at radius 2 is 1.82 bits per heavy atom. The SMILES string of the molecule is COC[C@@H]1CCCN1C1=NC2(CCC(C(C)(C)C)CC2)N([C@H](CCC(C)(C)C)c2ccc(C(=O)NCc3nn[nH]n3)cc2)C1=O. The molecule has 1 spiro atoms. The number of hydrogen-bond acceptors (Lipinski definition) is 8. The summed E-state index contributed by atoms with van der Waals surface area (Å²) in [6, 6.07) is 7.74. The van der Waals surface area contributed by atoms with Crippen molar-refractivity contribution in [1.29, 1.82) is 0 Å². The third-order valence-corrected chi connectivity index (χ3v) is 10.0. The van der Waals surface area contributed by atoms with Crippen molar-refractivity contribution < 1.29 is 14.3 Å². The average molecular weight is 621 g/mol. The van der Waals surface area contributed by atoms with Crippen molar-refractivity contribution in [3.8, 4) is 0 Å². The lowest BCUT2D eigenvalue weighted by molar-refractivity contribution is -0.134. The Hall–Kier alpha value is -3.34. The molecule has 5 rings (SSSR count). The molecule has 11 nitrogen and oxygen atoms in total. The van der Waals surface area contributed by atoms with E-state index in [0.29, 0.717) is 29.7 Å². The number of hydrogen-bond donors (Lipinski definition) is 2. The van der Waals surface area contributed by atoms with E-state index in [4.69, 9.17) is 9.73 Å². The van der Waals surface area contributed by atoms with Crippen LogP contribution in [0.1, 0.15) is 121 Å². The number of amides is 2. The van der Waals surface area contributed by atoms with Gasteiger partial charge in [0.2, 0.25) is 0 Å². The van der Waals surface area contributed by atoms with E-state index in [2.05, 4.69) is 77.3 Å². The number of methoxy groups -OCH3 is 1. The fraction of sp³-hybridized carbons (Fsp3) is 0.706. The van der Waals surface area contributed by atoms with Gasteiger partial charge in [0, 0.05) is 19.2 Å². The van der Waals surface area contributed by atoms with Gasteiger partial charge in [-0.1, -0.05) is 58.9 Å². The number of aromatic amines is 1. The van der Waals surface area contributed by atoms with Crippen LogP contribution in [0.15, 0.2) is 29.3 Å². The van der Waals surface area contributed by atoms with E-state index >= 15 is 0 Å². The minimum Gasteiger partial charge on any atom is -0.383 e. The zero-order valence-corrected chi connectivity index (χ0v) is 28.2. The Labute approximate surface area is 267 Å². The molecule has 1 aliphatic carbocycles. The molecule has 2 amide bonds. The van der Waals surface area contributed by atoms with Crippen LogP contribution in [-0.2, 0) is 16.1 Å². The summed E-state index contributed by atoms with van der Waals surface area (Å²) < 4.78 is 5.56. The van der Waals surface area contributed by atoms with Crippen LogP contribution >= 0.6 is 0 Å². The maximum absolute atomic E-state index is 14.7. The summed E-state index contributed by atoms with van der Waals surface area (Å²) in [5.74, 6) is 1.44. The van der Waals surface area contributed by atoms with Crippen LogP contribution in [0, 0.1) is 16.7 Å². The first-order valence-corrected chi connectivity index (χ1v) is 16.6. The van der Waals surface area contributed by atoms with Crippen LogP contribution in [0.2, 0.25) is 0 Å². The first kappa shape index (κ1) is 33.0. The first-order chi connectivity index (χ1) is 21.3. The van der Waals surface area contributed by atoms with Crippen molar-refractivity contribution in [3.05, 3.63) is 41.2 Å². The normalized spacial score (nSPS) is 24.8. The van der Waals surface area contributed by atoms with E-state index < -0.39 is 5.66 Å². The van der Waals surface area contributed by atoms with Gasteiger partial charge in [0.25, 0.3) is 11.8 Å². The van der Waals surface area contributed by atoms with E-state index in [1.807, 2.05) is 24.3 Å². The van der Waals surface area contributed by atoms with E-state index in [0.717, 1.165) is 63.5 Å². The number of carbonyl (C=O) groups is 2. The van der Waals surface area contributed by atoms with Gasteiger partial charge in [-0.05, 0) is 85.8 Å². The molecule has 1 aromatic heterocycles. The van der Waals surface area contributed by atoms with Gasteiger partial charge >= 0.3 is 0 Å². The highest BCUT2D eigenvalue weighted by atomic mass is 16.5. The van der Waals surface area contributed by atoms with Crippen molar-refractivity contribution in [3.63, 3.8) is 0 Å². The number of carbonyl (C=O) groups excluding carboxylic acids is 2. The van der Waals surface area contributed by atoms with Gasteiger partial charge in [0.15, 0.2) is 11.7 Å². The van der Waals surface area contributed by atoms with Crippen molar-refractivity contribution in [1.82, 2.24) is 35.7 Å². The van der Waals surface area contributed by atoms with Gasteiger partial charge < -0.3 is 19.9 Å². The molecule has 2 atom stereocenters. The van der Waals surface area contributed by atoms with Crippen molar-refractivity contribution in [2.45, 2.75) is 117 Å². The predicted molar refractivity (Wildman–Crippen MR) is 173 cm³/mol. The Morgan fingerprint density at radius 3 is 2.42 bits per heavy atom. The lowest BCUT2D eigenvalue weighted by Gasteiger charge is -2.47. The summed E-state index contributed by atoms with van der Waals surface area (Å²) in [7, 11) is 1.73. The number of aliphatic imine (C=N–C) groups is 1. The number of H-pyrrole nitrogens is 1. The summed E-state index contributed by atoms with van der Waals surface area (Å²) in [5, 5.41) is 16.6. The molecule has 246 valence electrons. The fourth-order valence-electron chi connectivity index (χ4n) is 7.38. The number of rotatable bonds is 9. The highest BCUT2D eigenvalue weighted by Gasteiger charge is 2.54. The number of ether oxygens (including phenoxy) is 1. The number of tetrazole rings is 1. The number of likely N-dealkylation sites (tertiary alicyclic amines) is 1. The second kappa shape index (κ2) is 13.2. The molecule has 0 unspecified atom stereocenters. The molecule has 2 N–H and O–H groups in total. The van der Waals surface area contributed by atoms with Gasteiger partial charge in [-0.2, -0.15) is 5.21 Å². The van der Waals surface area contributed by atoms with Crippen LogP contribution in [-0.4, -0.2) is 80.0 Å². The summed E-state index contributed by atoms with van der Waals surface area (Å²) in [6.07, 6.45) is 7.58. The molecule has 2 aromatic rings. The number of nitrogens with one attached hydrogen (secondary N) is 2. The summed E-state index contributed by atoms with van der Waals surface area (Å²) in [6.45, 7) is 15.3. The molecule has 2 aliphatic heterocycles. The quantitative estimate of drug-likeness (QED) is 0.390. The minimum atomic E-state index is -0.572. The van der Waals surface area contributed by atoms with Crippen molar-refractivity contribution in [2.75, 3.05) is 20.3 Å². The van der Waals surface area contributed by atoms with Crippen LogP contribution < -0.4 is 5.32 Å². The third-order valence-electron chi connectivity index (χ3n) is 10.0. The molecule has 3 aliphatic rings. The van der Waals surface area contributed by atoms with Crippen LogP contribution in [0.5, 0.6) is 0 Å². The molecule has 2 fully saturated rings. The largest absolute Gasteiger partial charge is 0.383 e. The molecule has 45 heavy (non-hydrogen) atoms. The predicted octanol–water partition coefficient (Wildman–Crippen LogP) is 5.28. The molecular formula is C34H52N8O3. The second-order valence-electron chi connectivity index (χ2n) is 15.4. The molecule has 3 heterocycles. The van der Waals surface area contributed by atoms with Crippen molar-refractivity contribution in [2.24, 2.45) is 21.7 Å². The Kier molecular flexibility index (Phi) is 9.68. The Bertz CT molecular complexity index is 1330. The summed E-state index contributed by atoms with van der Waals surface area (Å²) >= 11 is 0. The Balaban J connectivity index is 1.47. The monoisotopic (exact) mass is 620 g/mol. The molecule has 1 saturated heterocycles. The standard InChI is InChI=1S/C34H52N8O3/c1-32(2,3)17-16-27(23-10-12-24(13-11-23)30(43)35-21-28-37-39-40-38-28)42-31(44)29(41-20-8-9-26(41)22-45-7)36-34(42)18-14-25(15-19-34)33(4,5)6/h10-13,25-27H,8-9,14-22H2,1-7H3,(H,35,43)(H,37,38,39,40)/t25?,26-,27+,34?/m0/s1. The zero-order chi connectivity index (χ0) is 32.4. The van der Waals surface area contributed by atoms with E-state index in [1.165, 1.54) is 0 Å². The third kappa shape index (κ3) is 7.39. The molecule has 1 saturated carbocycles. The lowest BCUT2D eigenvalue weighted by atomic mass is 9.69. The van der Waals surface area contributed by atoms with E-state index in [-0.39, 0.29) is 41.3 Å². The van der Waals surface area contributed by atoms with Crippen LogP contribution in [0.25, 0.3) is 0 Å². The second-order valence-corrected chi connectivity index (χ2v) is 15.4. The molecular weight excluding hydrogens is 568 g/mol. The Morgan fingerprint density at radius 1 is 1.11 bits per heavy atom.